The quantitative estimate of drug-likeness (QED) is 0.821. The van der Waals surface area contributed by atoms with Gasteiger partial charge in [-0.25, -0.2) is 4.79 Å². The summed E-state index contributed by atoms with van der Waals surface area (Å²) in [6.07, 6.45) is 0. The molecule has 1 heterocycles. The number of carbonyl (C=O) groups excluding carboxylic acids is 1. The number of nitrogens with one attached hydrogen (secondary N) is 1. The van der Waals surface area contributed by atoms with Crippen LogP contribution in [0.3, 0.4) is 0 Å². The van der Waals surface area contributed by atoms with Crippen LogP contribution in [0.2, 0.25) is 5.02 Å². The third kappa shape index (κ3) is 1.61. The van der Waals surface area contributed by atoms with Gasteiger partial charge in [0.15, 0.2) is 5.69 Å². The van der Waals surface area contributed by atoms with Crippen LogP contribution in [0.4, 0.5) is 0 Å². The van der Waals surface area contributed by atoms with Gasteiger partial charge < -0.3 is 4.74 Å². The summed E-state index contributed by atoms with van der Waals surface area (Å²) < 4.78 is 5.27. The second-order valence-electron chi connectivity index (χ2n) is 2.85. The van der Waals surface area contributed by atoms with Crippen LogP contribution in [-0.2, 0) is 4.74 Å². The highest BCUT2D eigenvalue weighted by molar-refractivity contribution is 9.10. The zero-order valence-electron chi connectivity index (χ0n) is 7.67. The van der Waals surface area contributed by atoms with E-state index in [0.29, 0.717) is 26.1 Å². The molecule has 0 spiro atoms. The second-order valence-corrected chi connectivity index (χ2v) is 4.05. The maximum absolute atomic E-state index is 11.3. The Morgan fingerprint density at radius 2 is 2.33 bits per heavy atom. The van der Waals surface area contributed by atoms with Crippen LogP contribution in [0.15, 0.2) is 16.6 Å². The van der Waals surface area contributed by atoms with Crippen LogP contribution < -0.4 is 0 Å². The van der Waals surface area contributed by atoms with Gasteiger partial charge in [0.05, 0.1) is 16.6 Å². The van der Waals surface area contributed by atoms with Crippen molar-refractivity contribution in [3.05, 3.63) is 27.3 Å². The van der Waals surface area contributed by atoms with Gasteiger partial charge >= 0.3 is 5.97 Å². The first-order valence-corrected chi connectivity index (χ1v) is 5.22. The number of H-pyrrole nitrogens is 1. The number of hydrogen-bond donors (Lipinski definition) is 1. The minimum atomic E-state index is -0.452. The van der Waals surface area contributed by atoms with Crippen molar-refractivity contribution < 1.29 is 9.53 Å². The molecule has 0 aliphatic rings. The maximum atomic E-state index is 11.3. The summed E-state index contributed by atoms with van der Waals surface area (Å²) in [6.45, 7) is 0. The normalized spacial score (nSPS) is 10.6. The molecule has 0 saturated carbocycles. The van der Waals surface area contributed by atoms with Crippen molar-refractivity contribution in [3.63, 3.8) is 0 Å². The fourth-order valence-electron chi connectivity index (χ4n) is 1.28. The van der Waals surface area contributed by atoms with Crippen molar-refractivity contribution in [2.45, 2.75) is 0 Å². The van der Waals surface area contributed by atoms with Gasteiger partial charge in [0.2, 0.25) is 0 Å². The van der Waals surface area contributed by atoms with Crippen molar-refractivity contribution in [3.8, 4) is 0 Å². The van der Waals surface area contributed by atoms with Gasteiger partial charge in [0.1, 0.15) is 5.52 Å². The molecule has 6 heteroatoms. The van der Waals surface area contributed by atoms with E-state index in [0.717, 1.165) is 0 Å². The van der Waals surface area contributed by atoms with E-state index in [4.69, 9.17) is 11.6 Å². The predicted molar refractivity (Wildman–Crippen MR) is 60.1 cm³/mol. The molecule has 0 saturated heterocycles. The Balaban J connectivity index is 2.72. The number of halogens is 2. The van der Waals surface area contributed by atoms with Crippen LogP contribution in [0, 0.1) is 0 Å². The summed E-state index contributed by atoms with van der Waals surface area (Å²) in [5.74, 6) is -0.452. The Labute approximate surface area is 98.7 Å². The van der Waals surface area contributed by atoms with Gasteiger partial charge in [0.25, 0.3) is 0 Å². The zero-order chi connectivity index (χ0) is 11.0. The Kier molecular flexibility index (Phi) is 2.67. The molecule has 1 aromatic carbocycles. The van der Waals surface area contributed by atoms with E-state index in [9.17, 15) is 4.79 Å². The van der Waals surface area contributed by atoms with Gasteiger partial charge in [-0.2, -0.15) is 5.10 Å². The number of carbonyl (C=O) groups is 1. The third-order valence-corrected chi connectivity index (χ3v) is 3.35. The first-order chi connectivity index (χ1) is 7.15. The summed E-state index contributed by atoms with van der Waals surface area (Å²) >= 11 is 9.19. The highest BCUT2D eigenvalue weighted by Crippen LogP contribution is 2.31. The van der Waals surface area contributed by atoms with Gasteiger partial charge in [-0.1, -0.05) is 11.6 Å². The van der Waals surface area contributed by atoms with Gasteiger partial charge in [0, 0.05) is 5.39 Å². The minimum Gasteiger partial charge on any atom is -0.464 e. The average Bonchev–Trinajstić information content (AvgIpc) is 2.66. The lowest BCUT2D eigenvalue weighted by Crippen LogP contribution is -2.01. The van der Waals surface area contributed by atoms with Crippen LogP contribution >= 0.6 is 27.5 Å². The van der Waals surface area contributed by atoms with E-state index in [1.807, 2.05) is 0 Å². The molecule has 2 rings (SSSR count). The molecule has 15 heavy (non-hydrogen) atoms. The van der Waals surface area contributed by atoms with E-state index in [-0.39, 0.29) is 0 Å². The molecule has 2 aromatic rings. The van der Waals surface area contributed by atoms with Crippen LogP contribution in [0.5, 0.6) is 0 Å². The minimum absolute atomic E-state index is 0.324. The molecule has 0 amide bonds. The molecule has 0 aliphatic carbocycles. The molecule has 0 bridgehead atoms. The van der Waals surface area contributed by atoms with Gasteiger partial charge in [-0.05, 0) is 28.1 Å². The fraction of sp³-hybridized carbons (Fsp3) is 0.111. The largest absolute Gasteiger partial charge is 0.464 e. The lowest BCUT2D eigenvalue weighted by Gasteiger charge is -1.97. The Morgan fingerprint density at radius 3 is 3.00 bits per heavy atom. The number of fused-ring (bicyclic) bond motifs is 1. The average molecular weight is 290 g/mol. The molecule has 0 aliphatic heterocycles. The number of nitrogens with zero attached hydrogens (tertiary/aromatic N) is 1. The maximum Gasteiger partial charge on any atom is 0.356 e. The standard InChI is InChI=1S/C9H6BrClN2O2/c1-15-9(14)8-4-2-3-5(11)6(10)7(4)12-13-8/h2-3H,1H3,(H,12,13). The van der Waals surface area contributed by atoms with E-state index in [1.54, 1.807) is 12.1 Å². The van der Waals surface area contributed by atoms with Crippen molar-refractivity contribution in [2.75, 3.05) is 7.11 Å². The second kappa shape index (κ2) is 3.83. The number of aromatic amines is 1. The Morgan fingerprint density at radius 1 is 1.60 bits per heavy atom. The van der Waals surface area contributed by atoms with E-state index in [1.165, 1.54) is 7.11 Å². The molecule has 78 valence electrons. The number of hydrogen-bond acceptors (Lipinski definition) is 3. The zero-order valence-corrected chi connectivity index (χ0v) is 10.0. The number of esters is 1. The summed E-state index contributed by atoms with van der Waals surface area (Å²) in [5, 5.41) is 7.84. The summed E-state index contributed by atoms with van der Waals surface area (Å²) in [6, 6.07) is 3.41. The highest BCUT2D eigenvalue weighted by Gasteiger charge is 2.16. The highest BCUT2D eigenvalue weighted by atomic mass is 79.9. The molecular formula is C9H6BrClN2O2. The Bertz CT molecular complexity index is 538. The Hall–Kier alpha value is -1.07. The number of rotatable bonds is 1. The molecule has 4 nitrogen and oxygen atoms in total. The molecule has 1 aromatic heterocycles. The lowest BCUT2D eigenvalue weighted by molar-refractivity contribution is 0.0596. The van der Waals surface area contributed by atoms with Crippen molar-refractivity contribution in [1.82, 2.24) is 10.2 Å². The van der Waals surface area contributed by atoms with E-state index < -0.39 is 5.97 Å². The third-order valence-electron chi connectivity index (χ3n) is 2.01. The predicted octanol–water partition coefficient (Wildman–Crippen LogP) is 2.77. The molecule has 1 N–H and O–H groups in total. The topological polar surface area (TPSA) is 55.0 Å². The molecule has 0 atom stereocenters. The van der Waals surface area contributed by atoms with Crippen LogP contribution in [0.25, 0.3) is 10.9 Å². The number of benzene rings is 1. The van der Waals surface area contributed by atoms with Crippen molar-refractivity contribution in [2.24, 2.45) is 0 Å². The SMILES string of the molecule is COC(=O)c1[nH]nc2c(Br)c(Cl)ccc12. The number of aromatic nitrogens is 2. The molecule has 0 radical (unpaired) electrons. The van der Waals surface area contributed by atoms with Crippen molar-refractivity contribution in [1.29, 1.82) is 0 Å². The van der Waals surface area contributed by atoms with Crippen LogP contribution in [-0.4, -0.2) is 23.3 Å². The van der Waals surface area contributed by atoms with Crippen molar-refractivity contribution >= 4 is 44.4 Å². The summed E-state index contributed by atoms with van der Waals surface area (Å²) in [4.78, 5) is 11.3. The summed E-state index contributed by atoms with van der Waals surface area (Å²) in [7, 11) is 1.32. The lowest BCUT2D eigenvalue weighted by atomic mass is 10.2. The van der Waals surface area contributed by atoms with Gasteiger partial charge in [-0.3, -0.25) is 5.10 Å². The monoisotopic (exact) mass is 288 g/mol. The summed E-state index contributed by atoms with van der Waals surface area (Å²) in [5.41, 5.74) is 0.938. The molecule has 0 fully saturated rings. The van der Waals surface area contributed by atoms with E-state index >= 15 is 0 Å². The molecule has 0 unspecified atom stereocenters. The van der Waals surface area contributed by atoms with E-state index in [2.05, 4.69) is 30.9 Å². The smallest absolute Gasteiger partial charge is 0.356 e. The number of methoxy groups -OCH3 is 1. The van der Waals surface area contributed by atoms with Crippen LogP contribution in [0.1, 0.15) is 10.5 Å². The first kappa shape index (κ1) is 10.4. The number of ether oxygens (including phenoxy) is 1. The molecular weight excluding hydrogens is 283 g/mol. The van der Waals surface area contributed by atoms with Gasteiger partial charge in [-0.15, -0.1) is 0 Å². The fourth-order valence-corrected chi connectivity index (χ4v) is 1.87. The first-order valence-electron chi connectivity index (χ1n) is 4.05.